The number of fused-ring (bicyclic) bond motifs is 1. The molecule has 0 N–H and O–H groups in total. The fourth-order valence-corrected chi connectivity index (χ4v) is 3.39. The number of rotatable bonds is 3. The summed E-state index contributed by atoms with van der Waals surface area (Å²) in [5.74, 6) is 2.77. The maximum atomic E-state index is 12.7. The molecule has 1 aliphatic heterocycles. The van der Waals surface area contributed by atoms with Crippen molar-refractivity contribution in [2.75, 3.05) is 13.2 Å². The third-order valence-electron chi connectivity index (χ3n) is 4.83. The van der Waals surface area contributed by atoms with Crippen molar-refractivity contribution < 1.29 is 14.3 Å². The van der Waals surface area contributed by atoms with E-state index >= 15 is 0 Å². The van der Waals surface area contributed by atoms with E-state index in [0.717, 1.165) is 42.2 Å². The highest BCUT2D eigenvalue weighted by molar-refractivity contribution is 5.98. The smallest absolute Gasteiger partial charge is 0.166 e. The second-order valence-corrected chi connectivity index (χ2v) is 6.20. The summed E-state index contributed by atoms with van der Waals surface area (Å²) in [7, 11) is 0. The molecule has 0 saturated heterocycles. The summed E-state index contributed by atoms with van der Waals surface area (Å²) in [5, 5.41) is 0. The molecule has 0 atom stereocenters. The molecule has 0 unspecified atom stereocenters. The van der Waals surface area contributed by atoms with Gasteiger partial charge in [-0.25, -0.2) is 0 Å². The molecule has 3 rings (SSSR count). The van der Waals surface area contributed by atoms with E-state index in [4.69, 9.17) is 9.47 Å². The minimum Gasteiger partial charge on any atom is -0.490 e. The summed E-state index contributed by atoms with van der Waals surface area (Å²) in [6.07, 6.45) is 6.58. The third kappa shape index (κ3) is 3.22. The highest BCUT2D eigenvalue weighted by Gasteiger charge is 2.27. The van der Waals surface area contributed by atoms with Gasteiger partial charge in [-0.05, 0) is 49.8 Å². The summed E-state index contributed by atoms with van der Waals surface area (Å²) < 4.78 is 11.3. The highest BCUT2D eigenvalue weighted by atomic mass is 16.5. The van der Waals surface area contributed by atoms with Gasteiger partial charge < -0.3 is 9.47 Å². The summed E-state index contributed by atoms with van der Waals surface area (Å²) in [5.41, 5.74) is 0.777. The van der Waals surface area contributed by atoms with E-state index < -0.39 is 0 Å². The number of Topliss-reactive ketones (excluding diaryl/α,β-unsaturated/α-hetero) is 1. The fraction of sp³-hybridized carbons (Fsp3) is 0.611. The number of carbonyl (C=O) groups excluding carboxylic acids is 1. The van der Waals surface area contributed by atoms with Crippen LogP contribution in [0, 0.1) is 11.8 Å². The van der Waals surface area contributed by atoms with Crippen LogP contribution < -0.4 is 9.47 Å². The first-order chi connectivity index (χ1) is 10.3. The van der Waals surface area contributed by atoms with Gasteiger partial charge in [0.15, 0.2) is 17.3 Å². The Kier molecular flexibility index (Phi) is 4.47. The van der Waals surface area contributed by atoms with Crippen LogP contribution in [-0.4, -0.2) is 19.0 Å². The Hall–Kier alpha value is -1.51. The maximum Gasteiger partial charge on any atom is 0.166 e. The average molecular weight is 288 g/mol. The molecule has 1 fully saturated rings. The molecule has 0 spiro atoms. The quantitative estimate of drug-likeness (QED) is 0.780. The van der Waals surface area contributed by atoms with Crippen molar-refractivity contribution in [2.45, 2.75) is 45.4 Å². The van der Waals surface area contributed by atoms with Crippen molar-refractivity contribution in [3.8, 4) is 11.5 Å². The minimum absolute atomic E-state index is 0.192. The number of carbonyl (C=O) groups is 1. The van der Waals surface area contributed by atoms with E-state index in [9.17, 15) is 4.79 Å². The average Bonchev–Trinajstić information content (AvgIpc) is 2.79. The fourth-order valence-electron chi connectivity index (χ4n) is 3.39. The predicted octanol–water partition coefficient (Wildman–Crippen LogP) is 4.25. The molecule has 1 heterocycles. The lowest BCUT2D eigenvalue weighted by Crippen LogP contribution is -2.21. The van der Waals surface area contributed by atoms with Gasteiger partial charge in [-0.3, -0.25) is 4.79 Å². The Morgan fingerprint density at radius 3 is 2.52 bits per heavy atom. The Morgan fingerprint density at radius 1 is 1.10 bits per heavy atom. The standard InChI is InChI=1S/C18H24O3/c1-2-13-4-6-14(7-5-13)18(19)15-8-9-16-17(12-15)21-11-3-10-20-16/h8-9,12-14H,2-7,10-11H2,1H3. The molecule has 0 aromatic heterocycles. The van der Waals surface area contributed by atoms with Crippen molar-refractivity contribution in [1.29, 1.82) is 0 Å². The van der Waals surface area contributed by atoms with Crippen LogP contribution in [0.15, 0.2) is 18.2 Å². The number of ketones is 1. The summed E-state index contributed by atoms with van der Waals surface area (Å²) >= 11 is 0. The molecule has 1 aromatic carbocycles. The van der Waals surface area contributed by atoms with Crippen LogP contribution >= 0.6 is 0 Å². The van der Waals surface area contributed by atoms with Gasteiger partial charge in [-0.2, -0.15) is 0 Å². The molecule has 1 saturated carbocycles. The Labute approximate surface area is 126 Å². The number of benzene rings is 1. The predicted molar refractivity (Wildman–Crippen MR) is 82.1 cm³/mol. The second kappa shape index (κ2) is 6.50. The molecular weight excluding hydrogens is 264 g/mol. The van der Waals surface area contributed by atoms with E-state index in [0.29, 0.717) is 13.2 Å². The first-order valence-electron chi connectivity index (χ1n) is 8.21. The van der Waals surface area contributed by atoms with Gasteiger partial charge in [-0.1, -0.05) is 13.3 Å². The molecule has 0 radical (unpaired) electrons. The van der Waals surface area contributed by atoms with Gasteiger partial charge >= 0.3 is 0 Å². The highest BCUT2D eigenvalue weighted by Crippen LogP contribution is 2.35. The largest absolute Gasteiger partial charge is 0.490 e. The number of ether oxygens (including phenoxy) is 2. The minimum atomic E-state index is 0.192. The topological polar surface area (TPSA) is 35.5 Å². The van der Waals surface area contributed by atoms with Crippen molar-refractivity contribution in [1.82, 2.24) is 0 Å². The lowest BCUT2D eigenvalue weighted by molar-refractivity contribution is 0.0870. The molecule has 0 amide bonds. The van der Waals surface area contributed by atoms with Crippen LogP contribution in [0.4, 0.5) is 0 Å². The summed E-state index contributed by atoms with van der Waals surface area (Å²) in [6.45, 7) is 3.59. The number of hydrogen-bond donors (Lipinski definition) is 0. The molecular formula is C18H24O3. The molecule has 21 heavy (non-hydrogen) atoms. The van der Waals surface area contributed by atoms with Crippen molar-refractivity contribution in [3.63, 3.8) is 0 Å². The van der Waals surface area contributed by atoms with E-state index in [-0.39, 0.29) is 11.7 Å². The Balaban J connectivity index is 1.72. The van der Waals surface area contributed by atoms with Crippen LogP contribution in [0.3, 0.4) is 0 Å². The van der Waals surface area contributed by atoms with Crippen molar-refractivity contribution in [2.24, 2.45) is 11.8 Å². The molecule has 1 aliphatic carbocycles. The zero-order valence-electron chi connectivity index (χ0n) is 12.8. The molecule has 114 valence electrons. The third-order valence-corrected chi connectivity index (χ3v) is 4.83. The molecule has 2 aliphatic rings. The summed E-state index contributed by atoms with van der Waals surface area (Å²) in [4.78, 5) is 12.7. The van der Waals surface area contributed by atoms with Gasteiger partial charge in [0.05, 0.1) is 13.2 Å². The van der Waals surface area contributed by atoms with Crippen LogP contribution in [0.25, 0.3) is 0 Å². The molecule has 3 heteroatoms. The zero-order chi connectivity index (χ0) is 14.7. The van der Waals surface area contributed by atoms with E-state index in [1.54, 1.807) is 0 Å². The Morgan fingerprint density at radius 2 is 1.81 bits per heavy atom. The van der Waals surface area contributed by atoms with Crippen LogP contribution in [0.2, 0.25) is 0 Å². The first kappa shape index (κ1) is 14.4. The molecule has 1 aromatic rings. The number of hydrogen-bond acceptors (Lipinski definition) is 3. The normalized spacial score (nSPS) is 25.2. The Bertz CT molecular complexity index is 501. The summed E-state index contributed by atoms with van der Waals surface area (Å²) in [6, 6.07) is 5.64. The van der Waals surface area contributed by atoms with E-state index in [1.165, 1.54) is 19.3 Å². The van der Waals surface area contributed by atoms with Crippen LogP contribution in [0.1, 0.15) is 55.8 Å². The zero-order valence-corrected chi connectivity index (χ0v) is 12.8. The molecule has 0 bridgehead atoms. The van der Waals surface area contributed by atoms with Crippen molar-refractivity contribution >= 4 is 5.78 Å². The SMILES string of the molecule is CCC1CCC(C(=O)c2ccc3c(c2)OCCCO3)CC1. The van der Waals surface area contributed by atoms with Gasteiger partial charge in [0.25, 0.3) is 0 Å². The second-order valence-electron chi connectivity index (χ2n) is 6.20. The van der Waals surface area contributed by atoms with Gasteiger partial charge in [0.2, 0.25) is 0 Å². The van der Waals surface area contributed by atoms with Crippen LogP contribution in [-0.2, 0) is 0 Å². The van der Waals surface area contributed by atoms with E-state index in [2.05, 4.69) is 6.92 Å². The van der Waals surface area contributed by atoms with Crippen LogP contribution in [0.5, 0.6) is 11.5 Å². The lowest BCUT2D eigenvalue weighted by atomic mass is 9.78. The maximum absolute atomic E-state index is 12.7. The van der Waals surface area contributed by atoms with Gasteiger partial charge in [-0.15, -0.1) is 0 Å². The van der Waals surface area contributed by atoms with Crippen molar-refractivity contribution in [3.05, 3.63) is 23.8 Å². The lowest BCUT2D eigenvalue weighted by Gasteiger charge is -2.26. The van der Waals surface area contributed by atoms with E-state index in [1.807, 2.05) is 18.2 Å². The molecule has 3 nitrogen and oxygen atoms in total. The van der Waals surface area contributed by atoms with Gasteiger partial charge in [0.1, 0.15) is 0 Å². The monoisotopic (exact) mass is 288 g/mol. The first-order valence-corrected chi connectivity index (χ1v) is 8.21. The van der Waals surface area contributed by atoms with Gasteiger partial charge in [0, 0.05) is 17.9 Å².